The Labute approximate surface area is 214 Å². The lowest BCUT2D eigenvalue weighted by molar-refractivity contribution is -0.0203. The number of carbonyl (C=O) groups excluding carboxylic acids is 1. The van der Waals surface area contributed by atoms with Gasteiger partial charge in [-0.3, -0.25) is 0 Å². The number of aliphatic hydroxyl groups is 1. The molecular formula is C29H29FN4O3. The van der Waals surface area contributed by atoms with Gasteiger partial charge in [-0.15, -0.1) is 0 Å². The molecule has 2 aliphatic rings. The number of halogens is 1. The van der Waals surface area contributed by atoms with Crippen LogP contribution in [0.4, 0.5) is 9.18 Å². The Morgan fingerprint density at radius 3 is 2.62 bits per heavy atom. The van der Waals surface area contributed by atoms with E-state index < -0.39 is 5.60 Å². The van der Waals surface area contributed by atoms with E-state index in [1.54, 1.807) is 17.0 Å². The summed E-state index contributed by atoms with van der Waals surface area (Å²) in [6, 6.07) is 18.3. The number of likely N-dealkylation sites (tertiary alicyclic amines) is 1. The molecule has 0 saturated carbocycles. The van der Waals surface area contributed by atoms with Crippen LogP contribution in [0.5, 0.6) is 5.75 Å². The van der Waals surface area contributed by atoms with Gasteiger partial charge in [0.1, 0.15) is 24.0 Å². The maximum atomic E-state index is 13.7. The van der Waals surface area contributed by atoms with Crippen LogP contribution in [0, 0.1) is 12.7 Å². The number of ether oxygens (including phenoxy) is 1. The van der Waals surface area contributed by atoms with Crippen LogP contribution in [0.15, 0.2) is 60.7 Å². The van der Waals surface area contributed by atoms with Crippen LogP contribution in [0.1, 0.15) is 29.8 Å². The van der Waals surface area contributed by atoms with Crippen molar-refractivity contribution in [3.8, 4) is 16.9 Å². The molecule has 1 fully saturated rings. The third kappa shape index (κ3) is 4.53. The zero-order chi connectivity index (χ0) is 25.6. The predicted octanol–water partition coefficient (Wildman–Crippen LogP) is 4.98. The van der Waals surface area contributed by atoms with Gasteiger partial charge in [-0.25, -0.2) is 14.2 Å². The second kappa shape index (κ2) is 9.19. The van der Waals surface area contributed by atoms with Gasteiger partial charge in [-0.1, -0.05) is 24.3 Å². The van der Waals surface area contributed by atoms with Crippen LogP contribution >= 0.6 is 0 Å². The van der Waals surface area contributed by atoms with Crippen LogP contribution in [-0.4, -0.2) is 57.1 Å². The quantitative estimate of drug-likeness (QED) is 0.407. The van der Waals surface area contributed by atoms with Gasteiger partial charge in [-0.05, 0) is 72.9 Å². The van der Waals surface area contributed by atoms with Crippen molar-refractivity contribution >= 4 is 17.1 Å². The zero-order valence-electron chi connectivity index (χ0n) is 20.7. The molecule has 2 amide bonds. The fraction of sp³-hybridized carbons (Fsp3) is 0.310. The van der Waals surface area contributed by atoms with E-state index in [4.69, 9.17) is 4.74 Å². The lowest BCUT2D eigenvalue weighted by atomic mass is 9.84. The molecule has 2 aliphatic heterocycles. The van der Waals surface area contributed by atoms with E-state index in [0.717, 1.165) is 39.3 Å². The van der Waals surface area contributed by atoms with Crippen LogP contribution in [0.2, 0.25) is 0 Å². The van der Waals surface area contributed by atoms with E-state index >= 15 is 0 Å². The number of fused-ring (bicyclic) bond motifs is 2. The molecular weight excluding hydrogens is 471 g/mol. The molecule has 37 heavy (non-hydrogen) atoms. The molecule has 1 saturated heterocycles. The summed E-state index contributed by atoms with van der Waals surface area (Å²) < 4.78 is 19.7. The summed E-state index contributed by atoms with van der Waals surface area (Å²) in [7, 11) is 0. The number of urea groups is 1. The van der Waals surface area contributed by atoms with Gasteiger partial charge >= 0.3 is 6.03 Å². The van der Waals surface area contributed by atoms with E-state index in [1.807, 2.05) is 30.0 Å². The van der Waals surface area contributed by atoms with E-state index in [9.17, 15) is 14.3 Å². The van der Waals surface area contributed by atoms with E-state index in [0.29, 0.717) is 51.2 Å². The van der Waals surface area contributed by atoms with Crippen molar-refractivity contribution in [2.45, 2.75) is 31.9 Å². The minimum Gasteiger partial charge on any atom is -0.491 e. The average Bonchev–Trinajstić information content (AvgIpc) is 3.14. The van der Waals surface area contributed by atoms with Crippen LogP contribution in [0.3, 0.4) is 0 Å². The maximum absolute atomic E-state index is 13.7. The van der Waals surface area contributed by atoms with Gasteiger partial charge in [0.05, 0.1) is 29.7 Å². The molecule has 7 nitrogen and oxygen atoms in total. The monoisotopic (exact) mass is 500 g/mol. The van der Waals surface area contributed by atoms with Crippen molar-refractivity contribution in [2.75, 3.05) is 26.2 Å². The highest BCUT2D eigenvalue weighted by atomic mass is 19.1. The molecule has 0 aliphatic carbocycles. The van der Waals surface area contributed by atoms with Gasteiger partial charge in [-0.2, -0.15) is 0 Å². The summed E-state index contributed by atoms with van der Waals surface area (Å²) in [5.74, 6) is 1.30. The van der Waals surface area contributed by atoms with Crippen LogP contribution in [-0.2, 0) is 12.1 Å². The number of piperidine rings is 1. The number of hydrogen-bond acceptors (Lipinski definition) is 4. The Kier molecular flexibility index (Phi) is 5.83. The second-order valence-corrected chi connectivity index (χ2v) is 9.96. The standard InChI is InChI=1S/C29H29FN4O3/c1-19-31-25-7-5-21(16-26(25)32-19)20-6-8-27-22(15-20)18-34(13-14-37-27)28(35)33-11-9-29(36,10-12-33)23-3-2-4-24(30)17-23/h2-8,15-17,36H,9-14,18H2,1H3,(H,31,32). The Morgan fingerprint density at radius 2 is 1.81 bits per heavy atom. The molecule has 1 aromatic heterocycles. The molecule has 0 spiro atoms. The fourth-order valence-electron chi connectivity index (χ4n) is 5.39. The first-order valence-corrected chi connectivity index (χ1v) is 12.6. The number of benzene rings is 3. The number of aromatic amines is 1. The van der Waals surface area contributed by atoms with Gasteiger partial charge in [0, 0.05) is 18.7 Å². The number of nitrogens with zero attached hydrogens (tertiary/aromatic N) is 3. The van der Waals surface area contributed by atoms with Crippen molar-refractivity contribution < 1.29 is 19.0 Å². The van der Waals surface area contributed by atoms with Gasteiger partial charge < -0.3 is 24.6 Å². The lowest BCUT2D eigenvalue weighted by Crippen LogP contribution is -2.50. The minimum atomic E-state index is -1.13. The van der Waals surface area contributed by atoms with Gasteiger partial charge in [0.25, 0.3) is 0 Å². The Balaban J connectivity index is 1.18. The highest BCUT2D eigenvalue weighted by Crippen LogP contribution is 2.35. The van der Waals surface area contributed by atoms with E-state index in [2.05, 4.69) is 28.2 Å². The second-order valence-electron chi connectivity index (χ2n) is 9.96. The minimum absolute atomic E-state index is 0.0718. The smallest absolute Gasteiger partial charge is 0.320 e. The summed E-state index contributed by atoms with van der Waals surface area (Å²) in [4.78, 5) is 24.8. The summed E-state index contributed by atoms with van der Waals surface area (Å²) in [6.45, 7) is 4.08. The van der Waals surface area contributed by atoms with E-state index in [1.165, 1.54) is 12.1 Å². The number of hydrogen-bond donors (Lipinski definition) is 2. The third-order valence-corrected chi connectivity index (χ3v) is 7.47. The number of aromatic nitrogens is 2. The number of rotatable bonds is 2. The van der Waals surface area contributed by atoms with Crippen molar-refractivity contribution in [2.24, 2.45) is 0 Å². The maximum Gasteiger partial charge on any atom is 0.320 e. The molecule has 2 N–H and O–H groups in total. The zero-order valence-corrected chi connectivity index (χ0v) is 20.7. The first-order chi connectivity index (χ1) is 17.9. The molecule has 190 valence electrons. The first-order valence-electron chi connectivity index (χ1n) is 12.6. The molecule has 3 heterocycles. The summed E-state index contributed by atoms with van der Waals surface area (Å²) in [5, 5.41) is 11.1. The number of aryl methyl sites for hydroxylation is 1. The van der Waals surface area contributed by atoms with Gasteiger partial charge in [0.15, 0.2) is 0 Å². The largest absolute Gasteiger partial charge is 0.491 e. The highest BCUT2D eigenvalue weighted by Gasteiger charge is 2.37. The van der Waals surface area contributed by atoms with E-state index in [-0.39, 0.29) is 11.8 Å². The number of nitrogens with one attached hydrogen (secondary N) is 1. The van der Waals surface area contributed by atoms with Crippen molar-refractivity contribution in [1.82, 2.24) is 19.8 Å². The van der Waals surface area contributed by atoms with Crippen LogP contribution < -0.4 is 4.74 Å². The number of imidazole rings is 1. The van der Waals surface area contributed by atoms with Crippen LogP contribution in [0.25, 0.3) is 22.2 Å². The molecule has 0 radical (unpaired) electrons. The normalized spacial score (nSPS) is 17.3. The summed E-state index contributed by atoms with van der Waals surface area (Å²) in [5.41, 5.74) is 4.42. The fourth-order valence-corrected chi connectivity index (χ4v) is 5.39. The molecule has 6 rings (SSSR count). The SMILES string of the molecule is Cc1nc2ccc(-c3ccc4c(c3)CN(C(=O)N3CCC(O)(c5cccc(F)c5)CC3)CCO4)cc2[nH]1. The lowest BCUT2D eigenvalue weighted by Gasteiger charge is -2.40. The Bertz CT molecular complexity index is 1480. The van der Waals surface area contributed by atoms with Crippen molar-refractivity contribution in [3.05, 3.63) is 83.4 Å². The molecule has 8 heteroatoms. The molecule has 0 unspecified atom stereocenters. The summed E-state index contributed by atoms with van der Waals surface area (Å²) in [6.07, 6.45) is 0.728. The number of H-pyrrole nitrogens is 1. The Hall–Kier alpha value is -3.91. The Morgan fingerprint density at radius 1 is 1.03 bits per heavy atom. The van der Waals surface area contributed by atoms with Gasteiger partial charge in [0.2, 0.25) is 0 Å². The highest BCUT2D eigenvalue weighted by molar-refractivity contribution is 5.82. The topological polar surface area (TPSA) is 81.7 Å². The average molecular weight is 501 g/mol. The predicted molar refractivity (Wildman–Crippen MR) is 139 cm³/mol. The molecule has 3 aromatic carbocycles. The molecule has 0 atom stereocenters. The summed E-state index contributed by atoms with van der Waals surface area (Å²) >= 11 is 0. The third-order valence-electron chi connectivity index (χ3n) is 7.47. The molecule has 4 aromatic rings. The van der Waals surface area contributed by atoms with Crippen molar-refractivity contribution in [1.29, 1.82) is 0 Å². The van der Waals surface area contributed by atoms with Crippen molar-refractivity contribution in [3.63, 3.8) is 0 Å². The first kappa shape index (κ1) is 23.5. The number of amides is 2. The number of carbonyl (C=O) groups is 1. The molecule has 0 bridgehead atoms.